The summed E-state index contributed by atoms with van der Waals surface area (Å²) in [5.74, 6) is 0.964. The predicted octanol–water partition coefficient (Wildman–Crippen LogP) is 2.71. The average molecular weight is 208 g/mol. The van der Waals surface area contributed by atoms with Crippen molar-refractivity contribution >= 4 is 0 Å². The van der Waals surface area contributed by atoms with Crippen molar-refractivity contribution < 1.29 is 4.52 Å². The highest BCUT2D eigenvalue weighted by molar-refractivity contribution is 5.32. The maximum atomic E-state index is 5.34. The minimum Gasteiger partial charge on any atom is -0.361 e. The standard InChI is InChI=1S/C12H20N2O/c1-8-10(12(2,3)4)11(14-15-8)9-6-5-7-13-9/h9,13H,5-7H2,1-4H3. The third kappa shape index (κ3) is 1.93. The van der Waals surface area contributed by atoms with Crippen LogP contribution in [0.25, 0.3) is 0 Å². The van der Waals surface area contributed by atoms with E-state index in [2.05, 4.69) is 31.2 Å². The lowest BCUT2D eigenvalue weighted by Crippen LogP contribution is -2.20. The minimum atomic E-state index is 0.115. The third-order valence-corrected chi connectivity index (χ3v) is 3.03. The van der Waals surface area contributed by atoms with E-state index in [1.165, 1.54) is 18.4 Å². The molecule has 0 saturated carbocycles. The van der Waals surface area contributed by atoms with Gasteiger partial charge in [0.05, 0.1) is 6.04 Å². The molecule has 1 fully saturated rings. The second-order valence-corrected chi connectivity index (χ2v) is 5.40. The van der Waals surface area contributed by atoms with E-state index in [9.17, 15) is 0 Å². The summed E-state index contributed by atoms with van der Waals surface area (Å²) in [5, 5.41) is 7.70. The first kappa shape index (κ1) is 10.7. The predicted molar refractivity (Wildman–Crippen MR) is 59.9 cm³/mol. The maximum Gasteiger partial charge on any atom is 0.137 e. The first-order chi connectivity index (χ1) is 7.00. The first-order valence-electron chi connectivity index (χ1n) is 5.70. The van der Waals surface area contributed by atoms with Gasteiger partial charge in [0.15, 0.2) is 0 Å². The molecule has 1 N–H and O–H groups in total. The number of aryl methyl sites for hydroxylation is 1. The zero-order chi connectivity index (χ0) is 11.1. The van der Waals surface area contributed by atoms with E-state index >= 15 is 0 Å². The lowest BCUT2D eigenvalue weighted by Gasteiger charge is -2.20. The number of nitrogens with zero attached hydrogens (tertiary/aromatic N) is 1. The van der Waals surface area contributed by atoms with Gasteiger partial charge in [-0.3, -0.25) is 0 Å². The van der Waals surface area contributed by atoms with Gasteiger partial charge in [0.1, 0.15) is 11.5 Å². The fourth-order valence-corrected chi connectivity index (χ4v) is 2.46. The molecule has 3 nitrogen and oxygen atoms in total. The summed E-state index contributed by atoms with van der Waals surface area (Å²) >= 11 is 0. The summed E-state index contributed by atoms with van der Waals surface area (Å²) in [6.07, 6.45) is 2.41. The summed E-state index contributed by atoms with van der Waals surface area (Å²) in [6.45, 7) is 9.74. The molecule has 2 rings (SSSR count). The Morgan fingerprint density at radius 3 is 2.67 bits per heavy atom. The molecular weight excluding hydrogens is 188 g/mol. The molecule has 1 aromatic heterocycles. The summed E-state index contributed by atoms with van der Waals surface area (Å²) < 4.78 is 5.34. The molecule has 0 bridgehead atoms. The second kappa shape index (κ2) is 3.63. The van der Waals surface area contributed by atoms with Gasteiger partial charge in [-0.15, -0.1) is 0 Å². The first-order valence-corrected chi connectivity index (χ1v) is 5.70. The summed E-state index contributed by atoms with van der Waals surface area (Å²) in [4.78, 5) is 0. The van der Waals surface area contributed by atoms with Crippen molar-refractivity contribution in [1.29, 1.82) is 0 Å². The molecule has 15 heavy (non-hydrogen) atoms. The Morgan fingerprint density at radius 1 is 1.40 bits per heavy atom. The van der Waals surface area contributed by atoms with Crippen molar-refractivity contribution in [3.8, 4) is 0 Å². The molecule has 0 aliphatic carbocycles. The molecule has 1 aliphatic rings. The molecule has 1 saturated heterocycles. The monoisotopic (exact) mass is 208 g/mol. The SMILES string of the molecule is Cc1onc(C2CCCN2)c1C(C)(C)C. The molecule has 1 atom stereocenters. The molecule has 0 amide bonds. The normalized spacial score (nSPS) is 22.3. The van der Waals surface area contributed by atoms with Crippen LogP contribution in [0.15, 0.2) is 4.52 Å². The Bertz CT molecular complexity index is 343. The number of hydrogen-bond donors (Lipinski definition) is 1. The Hall–Kier alpha value is -0.830. The Labute approximate surface area is 91.2 Å². The second-order valence-electron chi connectivity index (χ2n) is 5.40. The number of aromatic nitrogens is 1. The molecule has 0 spiro atoms. The van der Waals surface area contributed by atoms with Gasteiger partial charge in [0, 0.05) is 5.56 Å². The van der Waals surface area contributed by atoms with E-state index in [1.54, 1.807) is 0 Å². The number of nitrogens with one attached hydrogen (secondary N) is 1. The third-order valence-electron chi connectivity index (χ3n) is 3.03. The van der Waals surface area contributed by atoms with Crippen LogP contribution >= 0.6 is 0 Å². The molecule has 1 unspecified atom stereocenters. The Kier molecular flexibility index (Phi) is 2.59. The fourth-order valence-electron chi connectivity index (χ4n) is 2.46. The highest BCUT2D eigenvalue weighted by Gasteiger charge is 2.30. The average Bonchev–Trinajstić information content (AvgIpc) is 2.68. The molecule has 84 valence electrons. The van der Waals surface area contributed by atoms with E-state index < -0.39 is 0 Å². The fraction of sp³-hybridized carbons (Fsp3) is 0.750. The van der Waals surface area contributed by atoms with Crippen LogP contribution in [0.3, 0.4) is 0 Å². The van der Waals surface area contributed by atoms with Crippen molar-refractivity contribution in [2.45, 2.75) is 52.0 Å². The molecule has 3 heteroatoms. The van der Waals surface area contributed by atoms with Crippen LogP contribution in [0.5, 0.6) is 0 Å². The molecule has 0 aromatic carbocycles. The van der Waals surface area contributed by atoms with Gasteiger partial charge >= 0.3 is 0 Å². The highest BCUT2D eigenvalue weighted by Crippen LogP contribution is 2.34. The minimum absolute atomic E-state index is 0.115. The van der Waals surface area contributed by atoms with Crippen LogP contribution in [-0.2, 0) is 5.41 Å². The van der Waals surface area contributed by atoms with Crippen LogP contribution in [0.4, 0.5) is 0 Å². The van der Waals surface area contributed by atoms with Crippen molar-refractivity contribution in [3.05, 3.63) is 17.0 Å². The Morgan fingerprint density at radius 2 is 2.13 bits per heavy atom. The van der Waals surface area contributed by atoms with Crippen LogP contribution in [0.1, 0.15) is 56.7 Å². The van der Waals surface area contributed by atoms with Crippen molar-refractivity contribution in [2.24, 2.45) is 0 Å². The van der Waals surface area contributed by atoms with Crippen molar-refractivity contribution in [3.63, 3.8) is 0 Å². The zero-order valence-electron chi connectivity index (χ0n) is 10.1. The summed E-state index contributed by atoms with van der Waals surface area (Å²) in [5.41, 5.74) is 2.52. The topological polar surface area (TPSA) is 38.1 Å². The smallest absolute Gasteiger partial charge is 0.137 e. The largest absolute Gasteiger partial charge is 0.361 e. The van der Waals surface area contributed by atoms with Crippen LogP contribution in [0.2, 0.25) is 0 Å². The number of rotatable bonds is 1. The lowest BCUT2D eigenvalue weighted by atomic mass is 9.84. The van der Waals surface area contributed by atoms with E-state index in [0.29, 0.717) is 6.04 Å². The van der Waals surface area contributed by atoms with Gasteiger partial charge in [0.25, 0.3) is 0 Å². The van der Waals surface area contributed by atoms with Gasteiger partial charge in [-0.05, 0) is 31.7 Å². The molecular formula is C12H20N2O. The molecule has 1 aliphatic heterocycles. The summed E-state index contributed by atoms with van der Waals surface area (Å²) in [7, 11) is 0. The Balaban J connectivity index is 2.39. The van der Waals surface area contributed by atoms with Crippen molar-refractivity contribution in [2.75, 3.05) is 6.54 Å². The number of hydrogen-bond acceptors (Lipinski definition) is 3. The zero-order valence-corrected chi connectivity index (χ0v) is 10.1. The quantitative estimate of drug-likeness (QED) is 0.771. The molecule has 0 radical (unpaired) electrons. The summed E-state index contributed by atoms with van der Waals surface area (Å²) in [6, 6.07) is 0.400. The molecule has 2 heterocycles. The van der Waals surface area contributed by atoms with Gasteiger partial charge in [-0.25, -0.2) is 0 Å². The van der Waals surface area contributed by atoms with E-state index in [0.717, 1.165) is 18.0 Å². The van der Waals surface area contributed by atoms with Crippen LogP contribution < -0.4 is 5.32 Å². The van der Waals surface area contributed by atoms with Crippen molar-refractivity contribution in [1.82, 2.24) is 10.5 Å². The van der Waals surface area contributed by atoms with Gasteiger partial charge in [-0.1, -0.05) is 25.9 Å². The molecule has 1 aromatic rings. The van der Waals surface area contributed by atoms with E-state index in [1.807, 2.05) is 6.92 Å². The van der Waals surface area contributed by atoms with Gasteiger partial charge in [0.2, 0.25) is 0 Å². The van der Waals surface area contributed by atoms with Crippen LogP contribution in [-0.4, -0.2) is 11.7 Å². The van der Waals surface area contributed by atoms with Gasteiger partial charge in [-0.2, -0.15) is 0 Å². The maximum absolute atomic E-state index is 5.34. The van der Waals surface area contributed by atoms with Gasteiger partial charge < -0.3 is 9.84 Å². The lowest BCUT2D eigenvalue weighted by molar-refractivity contribution is 0.381. The van der Waals surface area contributed by atoms with E-state index in [4.69, 9.17) is 4.52 Å². The van der Waals surface area contributed by atoms with Crippen LogP contribution in [0, 0.1) is 6.92 Å². The highest BCUT2D eigenvalue weighted by atomic mass is 16.5. The van der Waals surface area contributed by atoms with E-state index in [-0.39, 0.29) is 5.41 Å².